The summed E-state index contributed by atoms with van der Waals surface area (Å²) in [6.07, 6.45) is 1.67. The predicted octanol–water partition coefficient (Wildman–Crippen LogP) is 2.90. The van der Waals surface area contributed by atoms with Gasteiger partial charge >= 0.3 is 6.03 Å². The molecule has 0 aliphatic carbocycles. The summed E-state index contributed by atoms with van der Waals surface area (Å²) in [4.78, 5) is 14.0. The zero-order valence-corrected chi connectivity index (χ0v) is 12.1. The molecule has 1 aromatic rings. The van der Waals surface area contributed by atoms with Gasteiger partial charge in [0.15, 0.2) is 0 Å². The van der Waals surface area contributed by atoms with Crippen LogP contribution in [0.15, 0.2) is 18.2 Å². The lowest BCUT2D eigenvalue weighted by Gasteiger charge is -2.33. The first-order valence-electron chi connectivity index (χ1n) is 6.85. The number of benzene rings is 1. The third kappa shape index (κ3) is 3.10. The molecule has 1 fully saturated rings. The van der Waals surface area contributed by atoms with Gasteiger partial charge in [0.05, 0.1) is 11.6 Å². The summed E-state index contributed by atoms with van der Waals surface area (Å²) in [5, 5.41) is 12.9. The Bertz CT molecular complexity index is 511. The topological polar surface area (TPSA) is 52.6 Å². The summed E-state index contributed by atoms with van der Waals surface area (Å²) in [6, 6.07) is 3.82. The Morgan fingerprint density at radius 3 is 2.80 bits per heavy atom. The Kier molecular flexibility index (Phi) is 3.99. The third-order valence-electron chi connectivity index (χ3n) is 3.76. The van der Waals surface area contributed by atoms with Crippen LogP contribution in [0.3, 0.4) is 0 Å². The van der Waals surface area contributed by atoms with Crippen LogP contribution in [-0.2, 0) is 0 Å². The smallest absolute Gasteiger partial charge is 0.322 e. The molecule has 0 saturated carbocycles. The number of nitrogens with zero attached hydrogens (tertiary/aromatic N) is 1. The van der Waals surface area contributed by atoms with Crippen LogP contribution in [0.1, 0.15) is 32.3 Å². The first kappa shape index (κ1) is 14.8. The number of aryl methyl sites for hydroxylation is 1. The second-order valence-electron chi connectivity index (χ2n) is 5.89. The molecule has 2 N–H and O–H groups in total. The molecule has 0 bridgehead atoms. The van der Waals surface area contributed by atoms with E-state index < -0.39 is 5.60 Å². The molecule has 2 rings (SSSR count). The van der Waals surface area contributed by atoms with Crippen LogP contribution in [0.25, 0.3) is 0 Å². The van der Waals surface area contributed by atoms with Gasteiger partial charge in [-0.05, 0) is 57.4 Å². The van der Waals surface area contributed by atoms with E-state index in [1.54, 1.807) is 31.7 Å². The number of nitrogens with one attached hydrogen (secondary N) is 1. The molecule has 1 aliphatic rings. The molecule has 0 radical (unpaired) electrons. The van der Waals surface area contributed by atoms with Crippen molar-refractivity contribution in [1.82, 2.24) is 4.90 Å². The van der Waals surface area contributed by atoms with Crippen LogP contribution in [-0.4, -0.2) is 34.2 Å². The van der Waals surface area contributed by atoms with Gasteiger partial charge < -0.3 is 15.3 Å². The first-order chi connectivity index (χ1) is 9.29. The molecule has 1 heterocycles. The maximum absolute atomic E-state index is 13.0. The predicted molar refractivity (Wildman–Crippen MR) is 76.2 cm³/mol. The summed E-state index contributed by atoms with van der Waals surface area (Å²) in [6.45, 7) is 5.80. The zero-order chi connectivity index (χ0) is 14.9. The van der Waals surface area contributed by atoms with Gasteiger partial charge in [-0.15, -0.1) is 0 Å². The Morgan fingerprint density at radius 2 is 2.20 bits per heavy atom. The number of urea groups is 1. The van der Waals surface area contributed by atoms with E-state index in [2.05, 4.69) is 5.32 Å². The van der Waals surface area contributed by atoms with Gasteiger partial charge in [0, 0.05) is 12.2 Å². The normalized spacial score (nSPS) is 19.2. The molecule has 0 spiro atoms. The number of carbonyl (C=O) groups excluding carboxylic acids is 1. The number of aliphatic hydroxyl groups is 1. The van der Waals surface area contributed by atoms with Crippen LogP contribution in [0.2, 0.25) is 0 Å². The van der Waals surface area contributed by atoms with E-state index in [1.165, 1.54) is 12.1 Å². The van der Waals surface area contributed by atoms with Crippen molar-refractivity contribution in [3.8, 4) is 0 Å². The minimum atomic E-state index is -0.925. The van der Waals surface area contributed by atoms with Crippen molar-refractivity contribution in [2.75, 3.05) is 11.9 Å². The molecular weight excluding hydrogens is 259 g/mol. The second-order valence-corrected chi connectivity index (χ2v) is 5.89. The summed E-state index contributed by atoms with van der Waals surface area (Å²) in [7, 11) is 0. The third-order valence-corrected chi connectivity index (χ3v) is 3.76. The highest BCUT2D eigenvalue weighted by Gasteiger charge is 2.38. The number of carbonyl (C=O) groups is 1. The highest BCUT2D eigenvalue weighted by Crippen LogP contribution is 2.27. The number of likely N-dealkylation sites (tertiary alicyclic amines) is 1. The lowest BCUT2D eigenvalue weighted by molar-refractivity contribution is 0.0117. The average Bonchev–Trinajstić information content (AvgIpc) is 2.81. The molecular formula is C15H21FN2O2. The summed E-state index contributed by atoms with van der Waals surface area (Å²) < 4.78 is 13.0. The van der Waals surface area contributed by atoms with Crippen LogP contribution >= 0.6 is 0 Å². The molecule has 110 valence electrons. The number of rotatable bonds is 2. The lowest BCUT2D eigenvalue weighted by atomic mass is 9.97. The van der Waals surface area contributed by atoms with E-state index >= 15 is 0 Å². The number of amides is 2. The molecule has 5 heteroatoms. The average molecular weight is 280 g/mol. The van der Waals surface area contributed by atoms with Gasteiger partial charge in [-0.3, -0.25) is 0 Å². The van der Waals surface area contributed by atoms with E-state index in [0.29, 0.717) is 17.8 Å². The lowest BCUT2D eigenvalue weighted by Crippen LogP contribution is -2.49. The van der Waals surface area contributed by atoms with Crippen LogP contribution in [0, 0.1) is 12.7 Å². The largest absolute Gasteiger partial charge is 0.388 e. The van der Waals surface area contributed by atoms with E-state index in [9.17, 15) is 14.3 Å². The van der Waals surface area contributed by atoms with E-state index in [-0.39, 0.29) is 17.9 Å². The fourth-order valence-corrected chi connectivity index (χ4v) is 2.70. The Balaban J connectivity index is 2.12. The van der Waals surface area contributed by atoms with Gasteiger partial charge in [-0.1, -0.05) is 0 Å². The molecule has 1 atom stereocenters. The Morgan fingerprint density at radius 1 is 1.50 bits per heavy atom. The zero-order valence-electron chi connectivity index (χ0n) is 12.1. The monoisotopic (exact) mass is 280 g/mol. The highest BCUT2D eigenvalue weighted by atomic mass is 19.1. The maximum atomic E-state index is 13.0. The first-order valence-corrected chi connectivity index (χ1v) is 6.85. The van der Waals surface area contributed by atoms with Crippen molar-refractivity contribution in [2.24, 2.45) is 0 Å². The minimum Gasteiger partial charge on any atom is -0.388 e. The maximum Gasteiger partial charge on any atom is 0.322 e. The van der Waals surface area contributed by atoms with Crippen molar-refractivity contribution >= 4 is 11.7 Å². The second kappa shape index (κ2) is 5.40. The Labute approximate surface area is 118 Å². The highest BCUT2D eigenvalue weighted by molar-refractivity contribution is 5.90. The molecule has 4 nitrogen and oxygen atoms in total. The standard InChI is InChI=1S/C15H21FN2O2/c1-10-9-11(16)6-7-12(10)17-14(19)18-8-4-5-13(18)15(2,3)20/h6-7,9,13,20H,4-5,8H2,1-3H3,(H,17,19). The molecule has 2 amide bonds. The molecule has 1 aliphatic heterocycles. The molecule has 1 aromatic carbocycles. The number of hydrogen-bond donors (Lipinski definition) is 2. The van der Waals surface area contributed by atoms with Gasteiger partial charge in [0.25, 0.3) is 0 Å². The molecule has 20 heavy (non-hydrogen) atoms. The number of halogens is 1. The minimum absolute atomic E-state index is 0.191. The van der Waals surface area contributed by atoms with Crippen molar-refractivity contribution in [3.05, 3.63) is 29.6 Å². The van der Waals surface area contributed by atoms with Crippen molar-refractivity contribution in [1.29, 1.82) is 0 Å². The number of anilines is 1. The Hall–Kier alpha value is -1.62. The van der Waals surface area contributed by atoms with E-state index in [4.69, 9.17) is 0 Å². The molecule has 1 unspecified atom stereocenters. The van der Waals surface area contributed by atoms with Crippen LogP contribution in [0.5, 0.6) is 0 Å². The van der Waals surface area contributed by atoms with Gasteiger partial charge in [-0.25, -0.2) is 9.18 Å². The molecule has 1 saturated heterocycles. The van der Waals surface area contributed by atoms with Crippen LogP contribution < -0.4 is 5.32 Å². The van der Waals surface area contributed by atoms with Gasteiger partial charge in [0.1, 0.15) is 5.82 Å². The SMILES string of the molecule is Cc1cc(F)ccc1NC(=O)N1CCCC1C(C)(C)O. The van der Waals surface area contributed by atoms with Crippen molar-refractivity contribution < 1.29 is 14.3 Å². The summed E-state index contributed by atoms with van der Waals surface area (Å²) >= 11 is 0. The quantitative estimate of drug-likeness (QED) is 0.875. The molecule has 0 aromatic heterocycles. The van der Waals surface area contributed by atoms with Crippen molar-refractivity contribution in [3.63, 3.8) is 0 Å². The number of hydrogen-bond acceptors (Lipinski definition) is 2. The van der Waals surface area contributed by atoms with Gasteiger partial charge in [0.2, 0.25) is 0 Å². The summed E-state index contributed by atoms with van der Waals surface area (Å²) in [5.74, 6) is -0.323. The van der Waals surface area contributed by atoms with Gasteiger partial charge in [-0.2, -0.15) is 0 Å². The fourth-order valence-electron chi connectivity index (χ4n) is 2.70. The van der Waals surface area contributed by atoms with Crippen LogP contribution in [0.4, 0.5) is 14.9 Å². The van der Waals surface area contributed by atoms with E-state index in [0.717, 1.165) is 12.8 Å². The summed E-state index contributed by atoms with van der Waals surface area (Å²) in [5.41, 5.74) is 0.348. The van der Waals surface area contributed by atoms with Crippen molar-refractivity contribution in [2.45, 2.75) is 45.3 Å². The fraction of sp³-hybridized carbons (Fsp3) is 0.533. The van der Waals surface area contributed by atoms with E-state index in [1.807, 2.05) is 0 Å².